The second kappa shape index (κ2) is 11.2. The number of amides is 2. The van der Waals surface area contributed by atoms with Gasteiger partial charge in [0.25, 0.3) is 11.8 Å². The van der Waals surface area contributed by atoms with Crippen molar-refractivity contribution in [3.05, 3.63) is 63.7 Å². The monoisotopic (exact) mass is 559 g/mol. The van der Waals surface area contributed by atoms with Crippen LogP contribution in [0.2, 0.25) is 0 Å². The predicted octanol–water partition coefficient (Wildman–Crippen LogP) is 7.71. The quantitative estimate of drug-likeness (QED) is 0.348. The van der Waals surface area contributed by atoms with Crippen molar-refractivity contribution in [2.45, 2.75) is 117 Å². The molecule has 2 aromatic carbocycles. The molecule has 0 radical (unpaired) electrons. The van der Waals surface area contributed by atoms with Crippen LogP contribution in [0.1, 0.15) is 138 Å². The average Bonchev–Trinajstić information content (AvgIpc) is 2.91. The Morgan fingerprint density at radius 1 is 0.683 bits per heavy atom. The van der Waals surface area contributed by atoms with E-state index in [2.05, 4.69) is 90.8 Å². The Bertz CT molecular complexity index is 1240. The van der Waals surface area contributed by atoms with E-state index < -0.39 is 0 Å². The van der Waals surface area contributed by atoms with Crippen LogP contribution in [-0.2, 0) is 21.7 Å². The molecule has 0 bridgehead atoms. The normalized spacial score (nSPS) is 19.7. The first-order chi connectivity index (χ1) is 19.0. The third-order valence-corrected chi connectivity index (χ3v) is 10.1. The first kappa shape index (κ1) is 31.3. The van der Waals surface area contributed by atoms with Crippen LogP contribution >= 0.6 is 0 Å². The lowest BCUT2D eigenvalue weighted by atomic mass is 9.56. The van der Waals surface area contributed by atoms with Gasteiger partial charge < -0.3 is 15.5 Å². The second-order valence-corrected chi connectivity index (χ2v) is 14.9. The molecule has 2 aliphatic rings. The molecule has 2 aromatic rings. The molecule has 0 fully saturated rings. The summed E-state index contributed by atoms with van der Waals surface area (Å²) in [4.78, 5) is 28.9. The summed E-state index contributed by atoms with van der Waals surface area (Å²) >= 11 is 0. The van der Waals surface area contributed by atoms with E-state index in [0.29, 0.717) is 17.7 Å². The average molecular weight is 560 g/mol. The minimum Gasteiger partial charge on any atom is -0.351 e. The van der Waals surface area contributed by atoms with Crippen LogP contribution in [0.5, 0.6) is 0 Å². The fraction of sp³-hybridized carbons (Fsp3) is 0.611. The van der Waals surface area contributed by atoms with Crippen molar-refractivity contribution in [2.24, 2.45) is 0 Å². The van der Waals surface area contributed by atoms with Gasteiger partial charge in [-0.25, -0.2) is 0 Å². The van der Waals surface area contributed by atoms with Gasteiger partial charge in [-0.1, -0.05) is 75.3 Å². The molecule has 0 atom stereocenters. The van der Waals surface area contributed by atoms with Gasteiger partial charge in [-0.2, -0.15) is 0 Å². The fourth-order valence-electron chi connectivity index (χ4n) is 6.98. The number of nitrogens with one attached hydrogen (secondary N) is 2. The Morgan fingerprint density at radius 3 is 1.54 bits per heavy atom. The van der Waals surface area contributed by atoms with Crippen molar-refractivity contribution in [3.63, 3.8) is 0 Å². The Morgan fingerprint density at radius 2 is 1.10 bits per heavy atom. The smallest absolute Gasteiger partial charge is 0.255 e. The van der Waals surface area contributed by atoms with E-state index >= 15 is 0 Å². The molecule has 41 heavy (non-hydrogen) atoms. The van der Waals surface area contributed by atoms with E-state index in [-0.39, 0.29) is 33.5 Å². The van der Waals surface area contributed by atoms with Gasteiger partial charge in [0, 0.05) is 29.9 Å². The molecule has 0 saturated heterocycles. The van der Waals surface area contributed by atoms with Crippen molar-refractivity contribution in [1.29, 1.82) is 0 Å². The maximum atomic E-state index is 13.9. The third kappa shape index (κ3) is 6.11. The van der Waals surface area contributed by atoms with Crippen LogP contribution in [0.25, 0.3) is 0 Å². The van der Waals surface area contributed by atoms with Crippen LogP contribution in [-0.4, -0.2) is 42.9 Å². The summed E-state index contributed by atoms with van der Waals surface area (Å²) in [5.41, 5.74) is 7.51. The Balaban J connectivity index is 1.70. The number of anilines is 1. The van der Waals surface area contributed by atoms with Crippen molar-refractivity contribution >= 4 is 17.5 Å². The number of nitrogens with zero attached hydrogens (tertiary/aromatic N) is 1. The second-order valence-electron chi connectivity index (χ2n) is 14.9. The lowest BCUT2D eigenvalue weighted by Crippen LogP contribution is -2.41. The molecule has 0 heterocycles. The molecular formula is C36H53N3O2. The number of hydrogen-bond donors (Lipinski definition) is 2. The predicted molar refractivity (Wildman–Crippen MR) is 172 cm³/mol. The van der Waals surface area contributed by atoms with Crippen molar-refractivity contribution < 1.29 is 9.59 Å². The fourth-order valence-corrected chi connectivity index (χ4v) is 6.98. The summed E-state index contributed by atoms with van der Waals surface area (Å²) in [6, 6.07) is 9.58. The highest BCUT2D eigenvalue weighted by atomic mass is 16.2. The van der Waals surface area contributed by atoms with Gasteiger partial charge in [-0.3, -0.25) is 9.59 Å². The topological polar surface area (TPSA) is 61.4 Å². The first-order valence-electron chi connectivity index (χ1n) is 15.7. The van der Waals surface area contributed by atoms with Crippen LogP contribution < -0.4 is 10.6 Å². The van der Waals surface area contributed by atoms with Crippen LogP contribution in [0.15, 0.2) is 30.3 Å². The van der Waals surface area contributed by atoms with E-state index in [1.54, 1.807) is 24.3 Å². The molecule has 5 nitrogen and oxygen atoms in total. The number of likely N-dealkylation sites (N-methyl/N-ethyl adjacent to an activating group) is 1. The van der Waals surface area contributed by atoms with Crippen LogP contribution in [0.4, 0.5) is 5.69 Å². The van der Waals surface area contributed by atoms with Crippen molar-refractivity contribution in [1.82, 2.24) is 10.2 Å². The van der Waals surface area contributed by atoms with Crippen molar-refractivity contribution in [3.8, 4) is 0 Å². The molecule has 2 N–H and O–H groups in total. The summed E-state index contributed by atoms with van der Waals surface area (Å²) in [5.74, 6) is -0.226. The minimum absolute atomic E-state index is 0.0390. The van der Waals surface area contributed by atoms with Gasteiger partial charge in [0.05, 0.1) is 0 Å². The molecule has 0 aliphatic heterocycles. The number of fused-ring (bicyclic) bond motifs is 2. The molecule has 0 spiro atoms. The van der Waals surface area contributed by atoms with E-state index in [1.807, 2.05) is 0 Å². The van der Waals surface area contributed by atoms with E-state index in [0.717, 1.165) is 51.0 Å². The maximum Gasteiger partial charge on any atom is 0.255 e. The highest BCUT2D eigenvalue weighted by molar-refractivity contribution is 6.06. The standard InChI is InChI=1S/C36H53N3O2/c1-11-39(12-2)22-21-37-31(40)24-13-15-25(16-14-24)32(41)38-30-28-26(33(3,4)17-19-35(28,7)8)23-27-29(30)36(9,10)20-18-34(27,5)6/h13-16,23H,11-12,17-22H2,1-10H3,(H,37,40)(H,38,41). The van der Waals surface area contributed by atoms with Crippen LogP contribution in [0.3, 0.4) is 0 Å². The molecule has 0 saturated carbocycles. The van der Waals surface area contributed by atoms with E-state index in [4.69, 9.17) is 0 Å². The zero-order chi connectivity index (χ0) is 30.4. The molecule has 0 aromatic heterocycles. The van der Waals surface area contributed by atoms with E-state index in [1.165, 1.54) is 22.3 Å². The van der Waals surface area contributed by atoms with Crippen LogP contribution in [0, 0.1) is 0 Å². The lowest BCUT2D eigenvalue weighted by molar-refractivity contribution is 0.0947. The SMILES string of the molecule is CCN(CC)CCNC(=O)c1ccc(C(=O)Nc2c3c(cc4c2C(C)(C)CCC4(C)C)C(C)(C)CCC3(C)C)cc1. The number of rotatable bonds is 8. The molecule has 2 amide bonds. The summed E-state index contributed by atoms with van der Waals surface area (Å²) in [5, 5.41) is 6.47. The molecule has 4 rings (SSSR count). The van der Waals surface area contributed by atoms with Gasteiger partial charge >= 0.3 is 0 Å². The van der Waals surface area contributed by atoms with Gasteiger partial charge in [0.1, 0.15) is 0 Å². The van der Waals surface area contributed by atoms with Crippen molar-refractivity contribution in [2.75, 3.05) is 31.5 Å². The lowest BCUT2D eigenvalue weighted by Gasteiger charge is -2.49. The summed E-state index contributed by atoms with van der Waals surface area (Å²) < 4.78 is 0. The van der Waals surface area contributed by atoms with Gasteiger partial charge in [-0.15, -0.1) is 0 Å². The van der Waals surface area contributed by atoms with E-state index in [9.17, 15) is 9.59 Å². The molecule has 224 valence electrons. The highest BCUT2D eigenvalue weighted by Crippen LogP contribution is 2.56. The third-order valence-electron chi connectivity index (χ3n) is 10.1. The first-order valence-corrected chi connectivity index (χ1v) is 15.7. The van der Waals surface area contributed by atoms with Gasteiger partial charge in [0.15, 0.2) is 0 Å². The van der Waals surface area contributed by atoms with Gasteiger partial charge in [-0.05, 0) is 107 Å². The number of carbonyl (C=O) groups excluding carboxylic acids is 2. The molecule has 0 unspecified atom stereocenters. The molecule has 2 aliphatic carbocycles. The minimum atomic E-state index is -0.118. The summed E-state index contributed by atoms with van der Waals surface area (Å²) in [6.45, 7) is 26.3. The summed E-state index contributed by atoms with van der Waals surface area (Å²) in [7, 11) is 0. The maximum absolute atomic E-state index is 13.9. The Labute approximate surface area is 248 Å². The molecule has 5 heteroatoms. The zero-order valence-electron chi connectivity index (χ0n) is 27.3. The zero-order valence-corrected chi connectivity index (χ0v) is 27.3. The Hall–Kier alpha value is -2.66. The highest BCUT2D eigenvalue weighted by Gasteiger charge is 2.46. The summed E-state index contributed by atoms with van der Waals surface area (Å²) in [6.07, 6.45) is 4.41. The Kier molecular flexibility index (Phi) is 8.55. The number of hydrogen-bond acceptors (Lipinski definition) is 3. The largest absolute Gasteiger partial charge is 0.351 e. The number of benzene rings is 2. The molecular weight excluding hydrogens is 506 g/mol. The van der Waals surface area contributed by atoms with Gasteiger partial charge in [0.2, 0.25) is 0 Å². The number of carbonyl (C=O) groups is 2.